The summed E-state index contributed by atoms with van der Waals surface area (Å²) in [5, 5.41) is 0.757. The molecule has 4 aromatic rings. The molecule has 1 saturated heterocycles. The largest absolute Gasteiger partial charge is 0.497 e. The molecule has 2 saturated carbocycles. The van der Waals surface area contributed by atoms with Crippen LogP contribution < -0.4 is 14.2 Å². The van der Waals surface area contributed by atoms with Crippen molar-refractivity contribution in [2.45, 2.75) is 101 Å². The van der Waals surface area contributed by atoms with Gasteiger partial charge in [0.15, 0.2) is 5.78 Å². The summed E-state index contributed by atoms with van der Waals surface area (Å²) in [5.74, 6) is -0.657. The maximum absolute atomic E-state index is 15.0. The highest BCUT2D eigenvalue weighted by atomic mass is 32.2. The van der Waals surface area contributed by atoms with Gasteiger partial charge in [0, 0.05) is 41.8 Å². The number of nitrogens with one attached hydrogen (secondary N) is 1. The lowest BCUT2D eigenvalue weighted by molar-refractivity contribution is -0.142. The van der Waals surface area contributed by atoms with Crippen molar-refractivity contribution in [3.05, 3.63) is 115 Å². The highest BCUT2D eigenvalue weighted by Gasteiger charge is 2.62. The summed E-state index contributed by atoms with van der Waals surface area (Å²) in [6, 6.07) is 24.6. The van der Waals surface area contributed by atoms with Crippen LogP contribution in [0.15, 0.2) is 104 Å². The number of ether oxygens (including phenoxy) is 2. The molecule has 0 spiro atoms. The Balaban J connectivity index is 1.21. The molecule has 2 aliphatic carbocycles. The zero-order valence-electron chi connectivity index (χ0n) is 35.0. The van der Waals surface area contributed by atoms with Crippen molar-refractivity contribution in [2.75, 3.05) is 13.7 Å². The minimum absolute atomic E-state index is 0.127. The highest BCUT2D eigenvalue weighted by Crippen LogP contribution is 2.57. The van der Waals surface area contributed by atoms with Gasteiger partial charge >= 0.3 is 0 Å². The number of likely N-dealkylation sites (tertiary alicyclic amines) is 1. The van der Waals surface area contributed by atoms with Crippen LogP contribution in [0.1, 0.15) is 82.3 Å². The second-order valence-electron chi connectivity index (χ2n) is 17.3. The first-order valence-corrected chi connectivity index (χ1v) is 22.7. The Hall–Kier alpha value is -5.29. The highest BCUT2D eigenvalue weighted by molar-refractivity contribution is 7.91. The van der Waals surface area contributed by atoms with Crippen LogP contribution in [0.5, 0.6) is 11.5 Å². The number of fused-ring (bicyclic) bond motifs is 1. The van der Waals surface area contributed by atoms with Gasteiger partial charge in [-0.2, -0.15) is 0 Å². The first kappa shape index (κ1) is 42.8. The average molecular weight is 832 g/mol. The van der Waals surface area contributed by atoms with Crippen LogP contribution in [0.3, 0.4) is 0 Å². The minimum Gasteiger partial charge on any atom is -0.497 e. The third-order valence-corrected chi connectivity index (χ3v) is 15.0. The van der Waals surface area contributed by atoms with Crippen LogP contribution in [-0.2, 0) is 30.8 Å². The van der Waals surface area contributed by atoms with Crippen LogP contribution in [-0.4, -0.2) is 66.4 Å². The van der Waals surface area contributed by atoms with Gasteiger partial charge in [-0.15, -0.1) is 13.2 Å². The van der Waals surface area contributed by atoms with E-state index < -0.39 is 44.2 Å². The van der Waals surface area contributed by atoms with Gasteiger partial charge in [-0.1, -0.05) is 85.2 Å². The molecule has 1 aromatic heterocycles. The smallest absolute Gasteiger partial charge is 0.240 e. The number of ketones is 1. The molecule has 10 nitrogen and oxygen atoms in total. The fraction of sp³-hybridized carbons (Fsp3) is 0.429. The quantitative estimate of drug-likeness (QED) is 0.0692. The summed E-state index contributed by atoms with van der Waals surface area (Å²) in [5.41, 5.74) is 3.17. The first-order chi connectivity index (χ1) is 28.8. The molecule has 0 bridgehead atoms. The number of sulfonamides is 1. The lowest BCUT2D eigenvalue weighted by Crippen LogP contribution is -2.47. The molecule has 7 rings (SSSR count). The van der Waals surface area contributed by atoms with Crippen molar-refractivity contribution < 1.29 is 32.3 Å². The van der Waals surface area contributed by atoms with Gasteiger partial charge in [0.2, 0.25) is 21.8 Å². The van der Waals surface area contributed by atoms with E-state index in [4.69, 9.17) is 14.5 Å². The molecule has 0 radical (unpaired) electrons. The number of unbranched alkanes of at least 4 members (excludes halogenated alkanes) is 3. The van der Waals surface area contributed by atoms with Crippen molar-refractivity contribution in [2.24, 2.45) is 17.3 Å². The predicted octanol–water partition coefficient (Wildman–Crippen LogP) is 8.71. The number of Topliss-reactive ketones (excluding diaryl/α,β-unsaturated/α-hetero) is 1. The van der Waals surface area contributed by atoms with Crippen LogP contribution in [0, 0.1) is 24.2 Å². The Morgan fingerprint density at radius 1 is 1.00 bits per heavy atom. The molecule has 60 heavy (non-hydrogen) atoms. The number of methoxy groups -OCH3 is 1. The number of amides is 2. The number of benzene rings is 3. The average Bonchev–Trinajstić information content (AvgIpc) is 4.13. The van der Waals surface area contributed by atoms with Gasteiger partial charge in [0.1, 0.15) is 17.6 Å². The number of rotatable bonds is 20. The van der Waals surface area contributed by atoms with E-state index in [0.29, 0.717) is 54.8 Å². The van der Waals surface area contributed by atoms with E-state index in [2.05, 4.69) is 23.9 Å². The lowest BCUT2D eigenvalue weighted by Gasteiger charge is -2.29. The first-order valence-electron chi connectivity index (χ1n) is 21.2. The number of carbonyl (C=O) groups is 3. The van der Waals surface area contributed by atoms with E-state index in [1.165, 1.54) is 0 Å². The van der Waals surface area contributed by atoms with Crippen molar-refractivity contribution in [1.29, 1.82) is 0 Å². The third-order valence-electron chi connectivity index (χ3n) is 12.8. The summed E-state index contributed by atoms with van der Waals surface area (Å²) >= 11 is 0. The Labute approximate surface area is 354 Å². The van der Waals surface area contributed by atoms with Crippen molar-refractivity contribution in [3.8, 4) is 22.8 Å². The van der Waals surface area contributed by atoms with Crippen molar-refractivity contribution in [1.82, 2.24) is 14.6 Å². The number of nitrogens with zero attached hydrogens (tertiary/aromatic N) is 2. The molecule has 3 fully saturated rings. The standard InChI is InChI=1S/C49H57N3O7S/c1-6-8-9-10-12-20-36(26-34-17-15-16-33(3)25-34)46(54)52-32-39(59-45-29-41(35-18-13-11-14-19-35)50-42-27-38(58-5)21-22-40(42)45)28-43(52)44(53)31-49(30-37(49)7-2)47(55)51-60(56,57)48(4)23-24-48/h6-7,11,13-19,21-22,25,27,29,36-37,39,43H,1-2,8-10,12,20,23-24,26,28,30-32H2,3-5H3,(H,51,55)/t36-,37-,39-,43+,49-/m1/s1. The molecule has 3 aromatic carbocycles. The molecule has 3 aliphatic rings. The van der Waals surface area contributed by atoms with Gasteiger partial charge in [-0.25, -0.2) is 13.4 Å². The van der Waals surface area contributed by atoms with E-state index in [1.54, 1.807) is 25.0 Å². The number of carbonyl (C=O) groups excluding carboxylic acids is 3. The maximum atomic E-state index is 15.0. The number of pyridine rings is 1. The second kappa shape index (κ2) is 17.7. The van der Waals surface area contributed by atoms with Crippen LogP contribution in [0.2, 0.25) is 0 Å². The molecule has 1 N–H and O–H groups in total. The Morgan fingerprint density at radius 2 is 1.78 bits per heavy atom. The fourth-order valence-corrected chi connectivity index (χ4v) is 10.0. The van der Waals surface area contributed by atoms with Crippen molar-refractivity contribution >= 4 is 38.5 Å². The van der Waals surface area contributed by atoms with Crippen LogP contribution >= 0.6 is 0 Å². The molecule has 1 aliphatic heterocycles. The van der Waals surface area contributed by atoms with Gasteiger partial charge in [0.25, 0.3) is 0 Å². The van der Waals surface area contributed by atoms with E-state index in [9.17, 15) is 18.0 Å². The summed E-state index contributed by atoms with van der Waals surface area (Å²) < 4.78 is 40.1. The third kappa shape index (κ3) is 9.21. The molecule has 2 heterocycles. The zero-order valence-corrected chi connectivity index (χ0v) is 35.8. The second-order valence-corrected chi connectivity index (χ2v) is 19.5. The molecule has 0 unspecified atom stereocenters. The van der Waals surface area contributed by atoms with E-state index in [-0.39, 0.29) is 37.0 Å². The molecular formula is C49H57N3O7S. The van der Waals surface area contributed by atoms with Gasteiger partial charge < -0.3 is 14.4 Å². The van der Waals surface area contributed by atoms with Crippen molar-refractivity contribution in [3.63, 3.8) is 0 Å². The topological polar surface area (TPSA) is 132 Å². The number of allylic oxidation sites excluding steroid dienone is 2. The molecule has 2 amide bonds. The number of aromatic nitrogens is 1. The molecular weight excluding hydrogens is 775 g/mol. The molecule has 316 valence electrons. The predicted molar refractivity (Wildman–Crippen MR) is 235 cm³/mol. The zero-order chi connectivity index (χ0) is 42.7. The fourth-order valence-electron chi connectivity index (χ4n) is 8.70. The molecule has 5 atom stereocenters. The lowest BCUT2D eigenvalue weighted by atomic mass is 9.89. The summed E-state index contributed by atoms with van der Waals surface area (Å²) in [6.07, 6.45) is 9.03. The minimum atomic E-state index is -3.94. The Bertz CT molecular complexity index is 2380. The van der Waals surface area contributed by atoms with E-state index in [1.807, 2.05) is 85.8 Å². The Kier molecular flexibility index (Phi) is 12.7. The van der Waals surface area contributed by atoms with Gasteiger partial charge in [0.05, 0.1) is 41.1 Å². The number of hydrogen-bond donors (Lipinski definition) is 1. The van der Waals surface area contributed by atoms with Crippen LogP contribution in [0.4, 0.5) is 0 Å². The number of aryl methyl sites for hydroxylation is 1. The number of hydrogen-bond acceptors (Lipinski definition) is 8. The van der Waals surface area contributed by atoms with E-state index in [0.717, 1.165) is 47.8 Å². The van der Waals surface area contributed by atoms with Gasteiger partial charge in [-0.3, -0.25) is 19.1 Å². The molecule has 11 heteroatoms. The normalized spacial score (nSPS) is 22.1. The summed E-state index contributed by atoms with van der Waals surface area (Å²) in [6.45, 7) is 11.6. The monoisotopic (exact) mass is 831 g/mol. The van der Waals surface area contributed by atoms with Crippen LogP contribution in [0.25, 0.3) is 22.2 Å². The SMILES string of the molecule is C=CCCCCC[C@H](Cc1cccc(C)c1)C(=O)N1C[C@H](Oc2cc(-c3ccccc3)nc3cc(OC)ccc23)C[C@H]1C(=O)C[C@]1(C(=O)NS(=O)(=O)C2(C)CC2)C[C@H]1C=C. The Morgan fingerprint density at radius 3 is 2.47 bits per heavy atom. The van der Waals surface area contributed by atoms with Gasteiger partial charge in [-0.05, 0) is 82.4 Å². The summed E-state index contributed by atoms with van der Waals surface area (Å²) in [4.78, 5) is 50.3. The maximum Gasteiger partial charge on any atom is 0.240 e. The van der Waals surface area contributed by atoms with E-state index >= 15 is 4.79 Å². The summed E-state index contributed by atoms with van der Waals surface area (Å²) in [7, 11) is -2.33.